The van der Waals surface area contributed by atoms with Crippen molar-refractivity contribution in [1.82, 2.24) is 10.6 Å². The molecule has 0 aliphatic carbocycles. The fraction of sp³-hybridized carbons (Fsp3) is 0.471. The molecule has 2 amide bonds. The van der Waals surface area contributed by atoms with Gasteiger partial charge in [0.1, 0.15) is 17.8 Å². The minimum Gasteiger partial charge on any atom is -0.508 e. The van der Waals surface area contributed by atoms with Crippen LogP contribution in [0.15, 0.2) is 24.3 Å². The van der Waals surface area contributed by atoms with Crippen molar-refractivity contribution >= 4 is 17.8 Å². The fourth-order valence-electron chi connectivity index (χ4n) is 2.22. The van der Waals surface area contributed by atoms with Gasteiger partial charge < -0.3 is 31.7 Å². The molecule has 9 heteroatoms. The van der Waals surface area contributed by atoms with Gasteiger partial charge in [0, 0.05) is 0 Å². The topological polar surface area (TPSA) is 162 Å². The van der Waals surface area contributed by atoms with Crippen molar-refractivity contribution in [2.24, 2.45) is 11.7 Å². The van der Waals surface area contributed by atoms with Crippen LogP contribution in [0, 0.1) is 5.92 Å². The standard InChI is InChI=1S/C17H25N3O6/c1-9(2)14(17(25)26)20-16(24)13(8-21)19-15(23)12(18)7-10-3-5-11(22)6-4-10/h3-6,9,12-14,21-22H,7-8,18H2,1-2H3,(H,19,23)(H,20,24)(H,25,26)/t12-,13-,14+/m1/s1. The lowest BCUT2D eigenvalue weighted by Crippen LogP contribution is -2.56. The second-order valence-corrected chi connectivity index (χ2v) is 6.29. The molecule has 0 unspecified atom stereocenters. The molecule has 0 bridgehead atoms. The summed E-state index contributed by atoms with van der Waals surface area (Å²) < 4.78 is 0. The Morgan fingerprint density at radius 1 is 1.08 bits per heavy atom. The molecule has 0 saturated carbocycles. The number of aliphatic carboxylic acids is 1. The first-order valence-electron chi connectivity index (χ1n) is 8.13. The molecule has 7 N–H and O–H groups in total. The summed E-state index contributed by atoms with van der Waals surface area (Å²) in [7, 11) is 0. The number of carboxylic acids is 1. The van der Waals surface area contributed by atoms with E-state index in [-0.39, 0.29) is 18.1 Å². The van der Waals surface area contributed by atoms with Crippen LogP contribution in [0.4, 0.5) is 0 Å². The summed E-state index contributed by atoms with van der Waals surface area (Å²) in [6, 6.07) is 2.70. The molecular formula is C17H25N3O6. The molecule has 0 spiro atoms. The molecule has 26 heavy (non-hydrogen) atoms. The number of phenolic OH excluding ortho intramolecular Hbond substituents is 1. The number of carbonyl (C=O) groups is 3. The highest BCUT2D eigenvalue weighted by molar-refractivity contribution is 5.92. The first kappa shape index (κ1) is 21.4. The maximum atomic E-state index is 12.1. The van der Waals surface area contributed by atoms with Gasteiger partial charge in [0.25, 0.3) is 0 Å². The number of aliphatic hydroxyl groups is 1. The molecule has 3 atom stereocenters. The Morgan fingerprint density at radius 2 is 1.65 bits per heavy atom. The number of aliphatic hydroxyl groups excluding tert-OH is 1. The van der Waals surface area contributed by atoms with E-state index < -0.39 is 42.5 Å². The average Bonchev–Trinajstić information content (AvgIpc) is 2.58. The fourth-order valence-corrected chi connectivity index (χ4v) is 2.22. The van der Waals surface area contributed by atoms with Crippen molar-refractivity contribution < 1.29 is 29.7 Å². The van der Waals surface area contributed by atoms with Gasteiger partial charge in [-0.25, -0.2) is 4.79 Å². The number of carbonyl (C=O) groups excluding carboxylic acids is 2. The zero-order valence-electron chi connectivity index (χ0n) is 14.7. The summed E-state index contributed by atoms with van der Waals surface area (Å²) in [4.78, 5) is 35.4. The monoisotopic (exact) mass is 367 g/mol. The van der Waals surface area contributed by atoms with E-state index in [0.29, 0.717) is 5.56 Å². The molecule has 0 heterocycles. The number of phenols is 1. The number of rotatable bonds is 9. The van der Waals surface area contributed by atoms with Gasteiger partial charge in [0.15, 0.2) is 0 Å². The van der Waals surface area contributed by atoms with Crippen LogP contribution in [-0.4, -0.2) is 57.8 Å². The van der Waals surface area contributed by atoms with E-state index in [2.05, 4.69) is 10.6 Å². The summed E-state index contributed by atoms with van der Waals surface area (Å²) in [6.07, 6.45) is 0.162. The van der Waals surface area contributed by atoms with Gasteiger partial charge in [-0.3, -0.25) is 9.59 Å². The Balaban J connectivity index is 2.67. The number of nitrogens with one attached hydrogen (secondary N) is 2. The second-order valence-electron chi connectivity index (χ2n) is 6.29. The number of aromatic hydroxyl groups is 1. The minimum atomic E-state index is -1.31. The Kier molecular flexibility index (Phi) is 8.01. The van der Waals surface area contributed by atoms with Crippen molar-refractivity contribution in [2.75, 3.05) is 6.61 Å². The number of benzene rings is 1. The van der Waals surface area contributed by atoms with Crippen LogP contribution in [0.5, 0.6) is 5.75 Å². The van der Waals surface area contributed by atoms with Crippen molar-refractivity contribution in [1.29, 1.82) is 0 Å². The maximum Gasteiger partial charge on any atom is 0.326 e. The molecule has 0 aliphatic heterocycles. The van der Waals surface area contributed by atoms with E-state index >= 15 is 0 Å². The lowest BCUT2D eigenvalue weighted by molar-refractivity contribution is -0.143. The first-order valence-corrected chi connectivity index (χ1v) is 8.13. The molecule has 1 aromatic carbocycles. The number of carboxylic acid groups (broad SMARTS) is 1. The van der Waals surface area contributed by atoms with Crippen LogP contribution in [0.2, 0.25) is 0 Å². The van der Waals surface area contributed by atoms with Crippen LogP contribution < -0.4 is 16.4 Å². The van der Waals surface area contributed by atoms with Crippen LogP contribution in [0.25, 0.3) is 0 Å². The normalized spacial score (nSPS) is 14.3. The Morgan fingerprint density at radius 3 is 2.12 bits per heavy atom. The predicted octanol–water partition coefficient (Wildman–Crippen LogP) is -1.04. The van der Waals surface area contributed by atoms with E-state index in [1.807, 2.05) is 0 Å². The number of amides is 2. The van der Waals surface area contributed by atoms with E-state index in [1.165, 1.54) is 12.1 Å². The minimum absolute atomic E-state index is 0.0851. The third-order valence-corrected chi connectivity index (χ3v) is 3.77. The maximum absolute atomic E-state index is 12.1. The number of hydrogen-bond acceptors (Lipinski definition) is 6. The molecule has 0 aliphatic rings. The van der Waals surface area contributed by atoms with Crippen molar-refractivity contribution in [3.05, 3.63) is 29.8 Å². The van der Waals surface area contributed by atoms with Crippen LogP contribution in [-0.2, 0) is 20.8 Å². The van der Waals surface area contributed by atoms with E-state index in [1.54, 1.807) is 26.0 Å². The third-order valence-electron chi connectivity index (χ3n) is 3.77. The number of nitrogens with two attached hydrogens (primary N) is 1. The molecular weight excluding hydrogens is 342 g/mol. The highest BCUT2D eigenvalue weighted by atomic mass is 16.4. The molecule has 0 radical (unpaired) electrons. The van der Waals surface area contributed by atoms with Crippen LogP contribution >= 0.6 is 0 Å². The summed E-state index contributed by atoms with van der Waals surface area (Å²) >= 11 is 0. The lowest BCUT2D eigenvalue weighted by Gasteiger charge is -2.23. The Bertz CT molecular complexity index is 632. The first-order chi connectivity index (χ1) is 12.1. The summed E-state index contributed by atoms with van der Waals surface area (Å²) in [5, 5.41) is 32.3. The SMILES string of the molecule is CC(C)[C@H](NC(=O)[C@@H](CO)NC(=O)[C@H](N)Cc1ccc(O)cc1)C(=O)O. The Labute approximate surface area is 151 Å². The van der Waals surface area contributed by atoms with Gasteiger partial charge in [0.05, 0.1) is 12.6 Å². The predicted molar refractivity (Wildman–Crippen MR) is 93.2 cm³/mol. The lowest BCUT2D eigenvalue weighted by atomic mass is 10.0. The highest BCUT2D eigenvalue weighted by Crippen LogP contribution is 2.11. The molecule has 1 rings (SSSR count). The van der Waals surface area contributed by atoms with Gasteiger partial charge in [-0.2, -0.15) is 0 Å². The molecule has 0 aromatic heterocycles. The molecule has 0 saturated heterocycles. The molecule has 0 fully saturated rings. The highest BCUT2D eigenvalue weighted by Gasteiger charge is 2.29. The van der Waals surface area contributed by atoms with E-state index in [9.17, 15) is 24.6 Å². The van der Waals surface area contributed by atoms with Gasteiger partial charge in [-0.15, -0.1) is 0 Å². The van der Waals surface area contributed by atoms with Gasteiger partial charge >= 0.3 is 5.97 Å². The van der Waals surface area contributed by atoms with Gasteiger partial charge in [-0.1, -0.05) is 26.0 Å². The van der Waals surface area contributed by atoms with Gasteiger partial charge in [-0.05, 0) is 30.0 Å². The van der Waals surface area contributed by atoms with Crippen LogP contribution in [0.1, 0.15) is 19.4 Å². The summed E-state index contributed by atoms with van der Waals surface area (Å²) in [5.41, 5.74) is 6.52. The zero-order chi connectivity index (χ0) is 19.9. The van der Waals surface area contributed by atoms with E-state index in [4.69, 9.17) is 10.8 Å². The third kappa shape index (κ3) is 6.34. The van der Waals surface area contributed by atoms with Crippen molar-refractivity contribution in [2.45, 2.75) is 38.4 Å². The number of hydrogen-bond donors (Lipinski definition) is 6. The molecule has 144 valence electrons. The summed E-state index contributed by atoms with van der Waals surface area (Å²) in [6.45, 7) is 2.55. The quantitative estimate of drug-likeness (QED) is 0.325. The van der Waals surface area contributed by atoms with Crippen molar-refractivity contribution in [3.8, 4) is 5.75 Å². The smallest absolute Gasteiger partial charge is 0.326 e. The van der Waals surface area contributed by atoms with Gasteiger partial charge in [0.2, 0.25) is 11.8 Å². The zero-order valence-corrected chi connectivity index (χ0v) is 14.7. The largest absolute Gasteiger partial charge is 0.508 e. The van der Waals surface area contributed by atoms with E-state index in [0.717, 1.165) is 0 Å². The van der Waals surface area contributed by atoms with Crippen LogP contribution in [0.3, 0.4) is 0 Å². The van der Waals surface area contributed by atoms with Crippen molar-refractivity contribution in [3.63, 3.8) is 0 Å². The second kappa shape index (κ2) is 9.73. The molecule has 9 nitrogen and oxygen atoms in total. The molecule has 1 aromatic rings. The Hall–Kier alpha value is -2.65. The average molecular weight is 367 g/mol. The summed E-state index contributed by atoms with van der Waals surface area (Å²) in [5.74, 6) is -2.96.